The van der Waals surface area contributed by atoms with Crippen LogP contribution in [0.15, 0.2) is 109 Å². The highest BCUT2D eigenvalue weighted by atomic mass is 14.7. The molecule has 2 heteroatoms. The smallest absolute Gasteiger partial charge is 0.0905 e. The van der Waals surface area contributed by atoms with Gasteiger partial charge in [0.15, 0.2) is 0 Å². The molecule has 0 spiro atoms. The number of rotatable bonds is 14. The van der Waals surface area contributed by atoms with Crippen molar-refractivity contribution in [1.29, 1.82) is 5.41 Å². The van der Waals surface area contributed by atoms with E-state index in [0.717, 1.165) is 38.5 Å². The maximum absolute atomic E-state index is 7.83. The van der Waals surface area contributed by atoms with Gasteiger partial charge in [0.05, 0.1) is 5.84 Å². The van der Waals surface area contributed by atoms with Crippen LogP contribution in [0, 0.1) is 11.3 Å². The zero-order valence-electron chi connectivity index (χ0n) is 24.6. The van der Waals surface area contributed by atoms with Gasteiger partial charge in [-0.3, -0.25) is 5.41 Å². The van der Waals surface area contributed by atoms with Crippen LogP contribution in [-0.2, 0) is 24.7 Å². The Morgan fingerprint density at radius 3 is 1.98 bits per heavy atom. The van der Waals surface area contributed by atoms with Crippen LogP contribution in [-0.4, -0.2) is 5.84 Å². The van der Waals surface area contributed by atoms with E-state index in [9.17, 15) is 0 Å². The summed E-state index contributed by atoms with van der Waals surface area (Å²) in [6.45, 7) is 7.21. The monoisotopic (exact) mass is 530 g/mol. The maximum atomic E-state index is 7.83. The summed E-state index contributed by atoms with van der Waals surface area (Å²) in [7, 11) is 0. The summed E-state index contributed by atoms with van der Waals surface area (Å²) in [5, 5.41) is 7.83. The molecule has 2 nitrogen and oxygen atoms in total. The zero-order chi connectivity index (χ0) is 28.4. The lowest BCUT2D eigenvalue weighted by Gasteiger charge is -2.38. The normalized spacial score (nSPS) is 14.3. The molecule has 4 rings (SSSR count). The van der Waals surface area contributed by atoms with Crippen LogP contribution in [0.5, 0.6) is 0 Å². The Labute approximate surface area is 242 Å². The summed E-state index contributed by atoms with van der Waals surface area (Å²) >= 11 is 0. The standard InChI is InChI=1S/C38H46N2/c1-4-29(2)34(27-26-30-16-8-5-9-17-30)35-24-14-20-32(21-15-25-36(39)40)37(35)38(3,33-22-12-7-13-23-33)28-31-18-10-6-11-19-31/h5-14,16-20,22-24,29,34H,4,15,21,25-28H2,1-3H3,(H3,39,40). The maximum Gasteiger partial charge on any atom is 0.0905 e. The van der Waals surface area contributed by atoms with Crippen LogP contribution in [0.4, 0.5) is 0 Å². The molecule has 0 saturated carbocycles. The van der Waals surface area contributed by atoms with Gasteiger partial charge in [0, 0.05) is 11.8 Å². The van der Waals surface area contributed by atoms with Crippen molar-refractivity contribution >= 4 is 5.84 Å². The molecule has 3 atom stereocenters. The van der Waals surface area contributed by atoms with Gasteiger partial charge in [-0.15, -0.1) is 0 Å². The molecule has 4 aromatic rings. The van der Waals surface area contributed by atoms with Gasteiger partial charge in [-0.2, -0.15) is 0 Å². The summed E-state index contributed by atoms with van der Waals surface area (Å²) in [5.74, 6) is 1.28. The fourth-order valence-corrected chi connectivity index (χ4v) is 6.42. The first-order chi connectivity index (χ1) is 19.4. The van der Waals surface area contributed by atoms with Gasteiger partial charge < -0.3 is 5.73 Å². The Balaban J connectivity index is 1.89. The van der Waals surface area contributed by atoms with Gasteiger partial charge in [0.2, 0.25) is 0 Å². The molecule has 0 radical (unpaired) electrons. The van der Waals surface area contributed by atoms with Gasteiger partial charge in [-0.1, -0.05) is 136 Å². The van der Waals surface area contributed by atoms with Crippen LogP contribution in [0.2, 0.25) is 0 Å². The van der Waals surface area contributed by atoms with E-state index in [-0.39, 0.29) is 11.3 Å². The number of benzene rings is 4. The SMILES string of the molecule is CCC(C)C(CCc1ccccc1)c1cccc(CCCC(=N)N)c1C(C)(Cc1ccccc1)c1ccccc1. The lowest BCUT2D eigenvalue weighted by Crippen LogP contribution is -2.31. The quantitative estimate of drug-likeness (QED) is 0.124. The van der Waals surface area contributed by atoms with E-state index >= 15 is 0 Å². The number of amidine groups is 1. The fourth-order valence-electron chi connectivity index (χ4n) is 6.42. The van der Waals surface area contributed by atoms with Crippen molar-refractivity contribution in [2.75, 3.05) is 0 Å². The van der Waals surface area contributed by atoms with Gasteiger partial charge in [-0.25, -0.2) is 0 Å². The first kappa shape index (κ1) is 29.3. The van der Waals surface area contributed by atoms with Crippen molar-refractivity contribution in [3.8, 4) is 0 Å². The van der Waals surface area contributed by atoms with Gasteiger partial charge in [0.25, 0.3) is 0 Å². The van der Waals surface area contributed by atoms with E-state index < -0.39 is 0 Å². The molecule has 4 aromatic carbocycles. The lowest BCUT2D eigenvalue weighted by atomic mass is 9.65. The van der Waals surface area contributed by atoms with E-state index in [1.165, 1.54) is 33.4 Å². The fraction of sp³-hybridized carbons (Fsp3) is 0.342. The van der Waals surface area contributed by atoms with E-state index in [4.69, 9.17) is 11.1 Å². The highest BCUT2D eigenvalue weighted by Crippen LogP contribution is 2.45. The van der Waals surface area contributed by atoms with Crippen LogP contribution in [0.1, 0.15) is 85.8 Å². The number of aryl methyl sites for hydroxylation is 2. The Kier molecular flexibility index (Phi) is 10.4. The molecule has 3 unspecified atom stereocenters. The van der Waals surface area contributed by atoms with E-state index in [0.29, 0.717) is 18.3 Å². The molecule has 0 heterocycles. The molecular weight excluding hydrogens is 484 g/mol. The molecule has 0 amide bonds. The van der Waals surface area contributed by atoms with Gasteiger partial charge >= 0.3 is 0 Å². The number of nitrogens with two attached hydrogens (primary N) is 1. The Morgan fingerprint density at radius 1 is 0.775 bits per heavy atom. The Bertz CT molecular complexity index is 1330. The van der Waals surface area contributed by atoms with Crippen LogP contribution in [0.3, 0.4) is 0 Å². The lowest BCUT2D eigenvalue weighted by molar-refractivity contribution is 0.412. The molecule has 0 fully saturated rings. The van der Waals surface area contributed by atoms with Crippen LogP contribution < -0.4 is 5.73 Å². The van der Waals surface area contributed by atoms with Gasteiger partial charge in [-0.05, 0) is 77.3 Å². The molecule has 3 N–H and O–H groups in total. The summed E-state index contributed by atoms with van der Waals surface area (Å²) in [4.78, 5) is 0. The third-order valence-electron chi connectivity index (χ3n) is 8.76. The Morgan fingerprint density at radius 2 is 1.38 bits per heavy atom. The predicted molar refractivity (Wildman–Crippen MR) is 171 cm³/mol. The molecule has 208 valence electrons. The number of hydrogen-bond donors (Lipinski definition) is 2. The van der Waals surface area contributed by atoms with Crippen LogP contribution >= 0.6 is 0 Å². The second kappa shape index (κ2) is 14.1. The number of nitrogens with one attached hydrogen (secondary N) is 1. The van der Waals surface area contributed by atoms with E-state index in [2.05, 4.69) is 130 Å². The second-order valence-corrected chi connectivity index (χ2v) is 11.6. The van der Waals surface area contributed by atoms with Crippen molar-refractivity contribution in [2.45, 2.75) is 77.0 Å². The minimum Gasteiger partial charge on any atom is -0.388 e. The molecule has 0 aromatic heterocycles. The van der Waals surface area contributed by atoms with E-state index in [1.807, 2.05) is 0 Å². The highest BCUT2D eigenvalue weighted by molar-refractivity contribution is 5.76. The first-order valence-corrected chi connectivity index (χ1v) is 15.0. The third-order valence-corrected chi connectivity index (χ3v) is 8.76. The van der Waals surface area contributed by atoms with Crippen molar-refractivity contribution in [2.24, 2.45) is 11.7 Å². The molecule has 0 aliphatic heterocycles. The minimum atomic E-state index is -0.205. The second-order valence-electron chi connectivity index (χ2n) is 11.6. The topological polar surface area (TPSA) is 49.9 Å². The predicted octanol–water partition coefficient (Wildman–Crippen LogP) is 9.26. The average molecular weight is 531 g/mol. The largest absolute Gasteiger partial charge is 0.388 e. The summed E-state index contributed by atoms with van der Waals surface area (Å²) in [6, 6.07) is 40.0. The summed E-state index contributed by atoms with van der Waals surface area (Å²) < 4.78 is 0. The van der Waals surface area contributed by atoms with Gasteiger partial charge in [0.1, 0.15) is 0 Å². The number of hydrogen-bond acceptors (Lipinski definition) is 1. The van der Waals surface area contributed by atoms with Crippen molar-refractivity contribution in [1.82, 2.24) is 0 Å². The summed E-state index contributed by atoms with van der Waals surface area (Å²) in [6.07, 6.45) is 6.72. The highest BCUT2D eigenvalue weighted by Gasteiger charge is 2.36. The van der Waals surface area contributed by atoms with Crippen molar-refractivity contribution in [3.63, 3.8) is 0 Å². The first-order valence-electron chi connectivity index (χ1n) is 15.0. The van der Waals surface area contributed by atoms with Crippen LogP contribution in [0.25, 0.3) is 0 Å². The van der Waals surface area contributed by atoms with Crippen molar-refractivity contribution in [3.05, 3.63) is 143 Å². The molecule has 40 heavy (non-hydrogen) atoms. The zero-order valence-corrected chi connectivity index (χ0v) is 24.6. The average Bonchev–Trinajstić information content (AvgIpc) is 2.98. The Hall–Kier alpha value is -3.65. The molecule has 0 bridgehead atoms. The molecule has 0 saturated heterocycles. The molecule has 0 aliphatic carbocycles. The van der Waals surface area contributed by atoms with Crippen molar-refractivity contribution < 1.29 is 0 Å². The minimum absolute atomic E-state index is 0.205. The molecular formula is C38H46N2. The third kappa shape index (κ3) is 7.30. The summed E-state index contributed by atoms with van der Waals surface area (Å²) in [5.41, 5.74) is 14.1. The van der Waals surface area contributed by atoms with E-state index in [1.54, 1.807) is 0 Å². The molecule has 0 aliphatic rings.